The van der Waals surface area contributed by atoms with Gasteiger partial charge in [0.25, 0.3) is 0 Å². The Morgan fingerprint density at radius 1 is 1.55 bits per heavy atom. The number of carbonyl (C=O) groups is 1. The fourth-order valence-electron chi connectivity index (χ4n) is 0.794. The van der Waals surface area contributed by atoms with Gasteiger partial charge in [-0.15, -0.1) is 0 Å². The van der Waals surface area contributed by atoms with Crippen molar-refractivity contribution in [3.05, 3.63) is 12.2 Å². The second kappa shape index (κ2) is 4.29. The molecule has 0 fully saturated rings. The van der Waals surface area contributed by atoms with Crippen molar-refractivity contribution < 1.29 is 9.90 Å². The summed E-state index contributed by atoms with van der Waals surface area (Å²) in [5.74, 6) is 0.0178. The lowest BCUT2D eigenvalue weighted by Crippen LogP contribution is -2.22. The Morgan fingerprint density at radius 2 is 2.00 bits per heavy atom. The van der Waals surface area contributed by atoms with Gasteiger partial charge >= 0.3 is 0 Å². The lowest BCUT2D eigenvalue weighted by Gasteiger charge is -2.15. The van der Waals surface area contributed by atoms with Gasteiger partial charge in [-0.3, -0.25) is 4.79 Å². The molecule has 0 bridgehead atoms. The first-order valence-electron chi connectivity index (χ1n) is 3.90. The average Bonchev–Trinajstić information content (AvgIpc) is 2.00. The third-order valence-electron chi connectivity index (χ3n) is 1.67. The molecule has 2 heteroatoms. The molecule has 0 aliphatic rings. The van der Waals surface area contributed by atoms with E-state index in [0.717, 1.165) is 0 Å². The van der Waals surface area contributed by atoms with Crippen LogP contribution in [-0.4, -0.2) is 17.0 Å². The first-order chi connectivity index (χ1) is 5.00. The predicted molar refractivity (Wildman–Crippen MR) is 45.3 cm³/mol. The van der Waals surface area contributed by atoms with Crippen LogP contribution in [0.1, 0.15) is 27.2 Å². The smallest absolute Gasteiger partial charge is 0.160 e. The molecule has 64 valence electrons. The van der Waals surface area contributed by atoms with E-state index in [9.17, 15) is 9.90 Å². The van der Waals surface area contributed by atoms with Gasteiger partial charge in [0, 0.05) is 12.0 Å². The highest BCUT2D eigenvalue weighted by Gasteiger charge is 2.17. The first kappa shape index (κ1) is 10.4. The molecule has 0 saturated carbocycles. The van der Waals surface area contributed by atoms with Gasteiger partial charge in [-0.25, -0.2) is 0 Å². The molecule has 0 spiro atoms. The van der Waals surface area contributed by atoms with Gasteiger partial charge in [0.2, 0.25) is 0 Å². The number of rotatable bonds is 4. The van der Waals surface area contributed by atoms with Gasteiger partial charge in [-0.2, -0.15) is 0 Å². The summed E-state index contributed by atoms with van der Waals surface area (Å²) in [6, 6.07) is 0. The number of aliphatic hydroxyl groups is 1. The quantitative estimate of drug-likeness (QED) is 0.627. The molecule has 0 aromatic rings. The summed E-state index contributed by atoms with van der Waals surface area (Å²) in [6.07, 6.45) is -0.259. The van der Waals surface area contributed by atoms with Crippen molar-refractivity contribution in [2.24, 2.45) is 5.92 Å². The Hall–Kier alpha value is -0.630. The number of Topliss-reactive ketones (excluding diaryl/α,β-unsaturated/α-hetero) is 1. The van der Waals surface area contributed by atoms with Gasteiger partial charge in [0.15, 0.2) is 5.78 Å². The van der Waals surface area contributed by atoms with Crippen LogP contribution in [0, 0.1) is 5.92 Å². The van der Waals surface area contributed by atoms with Crippen LogP contribution in [0.3, 0.4) is 0 Å². The Labute approximate surface area is 67.9 Å². The van der Waals surface area contributed by atoms with Gasteiger partial charge in [-0.1, -0.05) is 27.4 Å². The predicted octanol–water partition coefficient (Wildman–Crippen LogP) is 1.54. The van der Waals surface area contributed by atoms with E-state index >= 15 is 0 Å². The van der Waals surface area contributed by atoms with Crippen LogP contribution in [0.15, 0.2) is 12.2 Å². The van der Waals surface area contributed by atoms with E-state index in [1.165, 1.54) is 0 Å². The summed E-state index contributed by atoms with van der Waals surface area (Å²) in [6.45, 7) is 9.03. The SMILES string of the molecule is C=C(C(=O)CC)[C@H](O)C(C)C. The van der Waals surface area contributed by atoms with Crippen LogP contribution >= 0.6 is 0 Å². The van der Waals surface area contributed by atoms with E-state index in [1.54, 1.807) is 6.92 Å². The molecule has 0 heterocycles. The molecule has 1 N–H and O–H groups in total. The molecule has 1 atom stereocenters. The van der Waals surface area contributed by atoms with E-state index in [-0.39, 0.29) is 11.7 Å². The van der Waals surface area contributed by atoms with Crippen molar-refractivity contribution in [2.75, 3.05) is 0 Å². The first-order valence-corrected chi connectivity index (χ1v) is 3.90. The van der Waals surface area contributed by atoms with Crippen LogP contribution < -0.4 is 0 Å². The molecule has 0 saturated heterocycles. The van der Waals surface area contributed by atoms with Crippen LogP contribution in [0.5, 0.6) is 0 Å². The molecule has 0 aliphatic carbocycles. The summed E-state index contributed by atoms with van der Waals surface area (Å²) in [4.78, 5) is 11.0. The van der Waals surface area contributed by atoms with Crippen molar-refractivity contribution >= 4 is 5.78 Å². The molecule has 2 nitrogen and oxygen atoms in total. The summed E-state index contributed by atoms with van der Waals surface area (Å²) in [7, 11) is 0. The van der Waals surface area contributed by atoms with Crippen molar-refractivity contribution in [3.8, 4) is 0 Å². The second-order valence-electron chi connectivity index (χ2n) is 2.99. The monoisotopic (exact) mass is 156 g/mol. The molecule has 0 rings (SSSR count). The summed E-state index contributed by atoms with van der Waals surface area (Å²) in [5, 5.41) is 9.38. The molecule has 0 unspecified atom stereocenters. The topological polar surface area (TPSA) is 37.3 Å². The highest BCUT2D eigenvalue weighted by atomic mass is 16.3. The standard InChI is InChI=1S/C9H16O2/c1-5-8(10)7(4)9(11)6(2)3/h6,9,11H,4-5H2,1-3H3/t9-/m1/s1. The maximum absolute atomic E-state index is 11.0. The summed E-state index contributed by atoms with van der Waals surface area (Å²) in [5.41, 5.74) is 0.336. The minimum absolute atomic E-state index is 0.0498. The van der Waals surface area contributed by atoms with Crippen molar-refractivity contribution in [2.45, 2.75) is 33.3 Å². The maximum atomic E-state index is 11.0. The van der Waals surface area contributed by atoms with Crippen molar-refractivity contribution in [1.29, 1.82) is 0 Å². The molecular weight excluding hydrogens is 140 g/mol. The Balaban J connectivity index is 4.14. The number of aliphatic hydroxyl groups excluding tert-OH is 1. The molecule has 0 amide bonds. The van der Waals surface area contributed by atoms with Crippen LogP contribution in [0.25, 0.3) is 0 Å². The van der Waals surface area contributed by atoms with E-state index in [0.29, 0.717) is 12.0 Å². The summed E-state index contributed by atoms with van der Waals surface area (Å²) >= 11 is 0. The lowest BCUT2D eigenvalue weighted by atomic mass is 9.96. The molecule has 0 aromatic carbocycles. The van der Waals surface area contributed by atoms with Gasteiger partial charge < -0.3 is 5.11 Å². The van der Waals surface area contributed by atoms with E-state index in [4.69, 9.17) is 0 Å². The van der Waals surface area contributed by atoms with E-state index in [1.807, 2.05) is 13.8 Å². The number of hydrogen-bond donors (Lipinski definition) is 1. The lowest BCUT2D eigenvalue weighted by molar-refractivity contribution is -0.116. The maximum Gasteiger partial charge on any atom is 0.160 e. The van der Waals surface area contributed by atoms with Crippen molar-refractivity contribution in [3.63, 3.8) is 0 Å². The second-order valence-corrected chi connectivity index (χ2v) is 2.99. The largest absolute Gasteiger partial charge is 0.388 e. The third kappa shape index (κ3) is 2.85. The van der Waals surface area contributed by atoms with Crippen LogP contribution in [0.4, 0.5) is 0 Å². The Morgan fingerprint density at radius 3 is 2.27 bits per heavy atom. The Kier molecular flexibility index (Phi) is 4.04. The van der Waals surface area contributed by atoms with E-state index in [2.05, 4.69) is 6.58 Å². The molecule has 0 aromatic heterocycles. The summed E-state index contributed by atoms with van der Waals surface area (Å²) < 4.78 is 0. The molecular formula is C9H16O2. The molecule has 0 radical (unpaired) electrons. The fourth-order valence-corrected chi connectivity index (χ4v) is 0.794. The van der Waals surface area contributed by atoms with E-state index < -0.39 is 6.10 Å². The zero-order valence-corrected chi connectivity index (χ0v) is 7.42. The average molecular weight is 156 g/mol. The Bertz CT molecular complexity index is 159. The highest BCUT2D eigenvalue weighted by Crippen LogP contribution is 2.11. The number of carbonyl (C=O) groups excluding carboxylic acids is 1. The number of hydrogen-bond acceptors (Lipinski definition) is 2. The minimum Gasteiger partial charge on any atom is -0.388 e. The van der Waals surface area contributed by atoms with Crippen molar-refractivity contribution in [1.82, 2.24) is 0 Å². The third-order valence-corrected chi connectivity index (χ3v) is 1.67. The highest BCUT2D eigenvalue weighted by molar-refractivity contribution is 5.95. The van der Waals surface area contributed by atoms with Gasteiger partial charge in [-0.05, 0) is 5.92 Å². The minimum atomic E-state index is -0.678. The fraction of sp³-hybridized carbons (Fsp3) is 0.667. The molecule has 0 aliphatic heterocycles. The normalized spacial score (nSPS) is 13.2. The zero-order valence-electron chi connectivity index (χ0n) is 7.42. The zero-order chi connectivity index (χ0) is 9.02. The van der Waals surface area contributed by atoms with Crippen LogP contribution in [-0.2, 0) is 4.79 Å². The van der Waals surface area contributed by atoms with Gasteiger partial charge in [0.1, 0.15) is 0 Å². The van der Waals surface area contributed by atoms with Gasteiger partial charge in [0.05, 0.1) is 6.10 Å². The number of ketones is 1. The van der Waals surface area contributed by atoms with Crippen LogP contribution in [0.2, 0.25) is 0 Å². The molecule has 11 heavy (non-hydrogen) atoms.